The summed E-state index contributed by atoms with van der Waals surface area (Å²) in [5.41, 5.74) is 1.41. The molecule has 2 aliphatic rings. The summed E-state index contributed by atoms with van der Waals surface area (Å²) in [6.07, 6.45) is -6.38. The Labute approximate surface area is 221 Å². The number of hydrogen-bond acceptors (Lipinski definition) is 8. The van der Waals surface area contributed by atoms with E-state index in [0.717, 1.165) is 36.0 Å². The summed E-state index contributed by atoms with van der Waals surface area (Å²) >= 11 is 1.31. The normalized spacial score (nSPS) is 18.6. The number of aromatic amines is 1. The highest BCUT2D eigenvalue weighted by molar-refractivity contribution is 7.99. The van der Waals surface area contributed by atoms with Crippen molar-refractivity contribution < 1.29 is 22.4 Å². The van der Waals surface area contributed by atoms with E-state index in [2.05, 4.69) is 30.3 Å². The molecule has 0 aliphatic carbocycles. The second-order valence-electron chi connectivity index (χ2n) is 9.65. The average Bonchev–Trinajstić information content (AvgIpc) is 3.40. The summed E-state index contributed by atoms with van der Waals surface area (Å²) in [5.74, 6) is 1.04. The van der Waals surface area contributed by atoms with E-state index in [1.807, 2.05) is 19.1 Å². The second kappa shape index (κ2) is 10.9. The predicted octanol–water partition coefficient (Wildman–Crippen LogP) is 4.70. The molecule has 2 aromatic heterocycles. The van der Waals surface area contributed by atoms with Gasteiger partial charge in [-0.2, -0.15) is 18.3 Å². The molecule has 13 heteroatoms. The number of carbonyl (C=O) groups excluding carboxylic acids is 1. The summed E-state index contributed by atoms with van der Waals surface area (Å²) < 4.78 is 51.0. The van der Waals surface area contributed by atoms with Crippen LogP contribution in [0.25, 0.3) is 0 Å². The van der Waals surface area contributed by atoms with Crippen LogP contribution in [0.3, 0.4) is 0 Å². The van der Waals surface area contributed by atoms with Crippen LogP contribution in [0.15, 0.2) is 46.5 Å². The zero-order valence-electron chi connectivity index (χ0n) is 20.6. The molecule has 4 heterocycles. The van der Waals surface area contributed by atoms with Crippen LogP contribution in [0.5, 0.6) is 0 Å². The number of nitrogens with zero attached hydrogens (tertiary/aromatic N) is 5. The Morgan fingerprint density at radius 1 is 1.13 bits per heavy atom. The number of likely N-dealkylation sites (tertiary alicyclic amines) is 1. The van der Waals surface area contributed by atoms with Gasteiger partial charge in [0.15, 0.2) is 11.0 Å². The largest absolute Gasteiger partial charge is 0.395 e. The first-order valence-corrected chi connectivity index (χ1v) is 13.1. The number of hydrogen-bond donors (Lipinski definition) is 2. The molecule has 0 unspecified atom stereocenters. The van der Waals surface area contributed by atoms with Gasteiger partial charge in [0.1, 0.15) is 30.0 Å². The minimum Gasteiger partial charge on any atom is -0.353 e. The molecular formula is C25H27F4N7OS. The topological polar surface area (TPSA) is 90.0 Å². The van der Waals surface area contributed by atoms with Gasteiger partial charge in [0.25, 0.3) is 0 Å². The minimum absolute atomic E-state index is 0.274. The lowest BCUT2D eigenvalue weighted by Crippen LogP contribution is -2.59. The average molecular weight is 550 g/mol. The van der Waals surface area contributed by atoms with Gasteiger partial charge >= 0.3 is 6.18 Å². The molecule has 8 nitrogen and oxygen atoms in total. The van der Waals surface area contributed by atoms with Gasteiger partial charge in [0.2, 0.25) is 0 Å². The standard InChI is InChI=1S/C25H27F4N7OS/c1-15-8-22(34-33-15)30-21-10-23(36-13-18(14-36)35-7-6-17(26)12-35)32-24(31-21)38-20-4-2-16(3-5-20)9-19(37)11-25(27,28)29/h2-5,8,10,17-18H,6-7,9,11-14H2,1H3,(H2,30,31,32,33,34)/t17-/m0/s1. The first-order valence-electron chi connectivity index (χ1n) is 12.3. The lowest BCUT2D eigenvalue weighted by molar-refractivity contribution is -0.151. The van der Waals surface area contributed by atoms with E-state index < -0.39 is 24.6 Å². The van der Waals surface area contributed by atoms with Gasteiger partial charge < -0.3 is 10.2 Å². The molecular weight excluding hydrogens is 522 g/mol. The molecule has 202 valence electrons. The zero-order valence-corrected chi connectivity index (χ0v) is 21.4. The molecule has 2 aliphatic heterocycles. The van der Waals surface area contributed by atoms with Crippen molar-refractivity contribution in [3.05, 3.63) is 47.7 Å². The maximum atomic E-state index is 13.6. The van der Waals surface area contributed by atoms with Crippen molar-refractivity contribution in [3.8, 4) is 0 Å². The molecule has 0 spiro atoms. The molecule has 1 atom stereocenters. The fourth-order valence-electron chi connectivity index (χ4n) is 4.54. The number of aryl methyl sites for hydroxylation is 1. The molecule has 5 rings (SSSR count). The van der Waals surface area contributed by atoms with E-state index in [1.54, 1.807) is 24.3 Å². The Morgan fingerprint density at radius 2 is 1.89 bits per heavy atom. The number of anilines is 3. The Kier molecular flexibility index (Phi) is 7.57. The predicted molar refractivity (Wildman–Crippen MR) is 136 cm³/mol. The van der Waals surface area contributed by atoms with Crippen LogP contribution in [0, 0.1) is 6.92 Å². The van der Waals surface area contributed by atoms with Gasteiger partial charge in [-0.15, -0.1) is 0 Å². The number of Topliss-reactive ketones (excluding diaryl/α,β-unsaturated/α-hetero) is 1. The number of halogens is 4. The smallest absolute Gasteiger partial charge is 0.353 e. The maximum Gasteiger partial charge on any atom is 0.395 e. The molecule has 2 saturated heterocycles. The van der Waals surface area contributed by atoms with Gasteiger partial charge in [0, 0.05) is 61.4 Å². The summed E-state index contributed by atoms with van der Waals surface area (Å²) in [4.78, 5) is 26.1. The number of ketones is 1. The van der Waals surface area contributed by atoms with E-state index in [0.29, 0.717) is 41.4 Å². The molecule has 3 aromatic rings. The summed E-state index contributed by atoms with van der Waals surface area (Å²) in [5, 5.41) is 10.8. The Balaban J connectivity index is 1.29. The highest BCUT2D eigenvalue weighted by atomic mass is 32.2. The zero-order chi connectivity index (χ0) is 26.9. The maximum absolute atomic E-state index is 13.6. The summed E-state index contributed by atoms with van der Waals surface area (Å²) in [6.45, 7) is 4.64. The number of aromatic nitrogens is 4. The third kappa shape index (κ3) is 6.81. The van der Waals surface area contributed by atoms with Crippen LogP contribution < -0.4 is 10.2 Å². The third-order valence-corrected chi connectivity index (χ3v) is 7.32. The van der Waals surface area contributed by atoms with E-state index in [9.17, 15) is 22.4 Å². The number of alkyl halides is 4. The first kappa shape index (κ1) is 26.4. The molecule has 1 aromatic carbocycles. The van der Waals surface area contributed by atoms with E-state index in [4.69, 9.17) is 4.98 Å². The van der Waals surface area contributed by atoms with Crippen LogP contribution in [0.1, 0.15) is 24.1 Å². The van der Waals surface area contributed by atoms with Gasteiger partial charge in [-0.3, -0.25) is 14.8 Å². The second-order valence-corrected chi connectivity index (χ2v) is 10.7. The van der Waals surface area contributed by atoms with Crippen LogP contribution in [0.4, 0.5) is 35.0 Å². The van der Waals surface area contributed by atoms with Crippen molar-refractivity contribution in [1.29, 1.82) is 0 Å². The molecule has 0 amide bonds. The number of carbonyl (C=O) groups is 1. The lowest BCUT2D eigenvalue weighted by Gasteiger charge is -2.44. The highest BCUT2D eigenvalue weighted by Gasteiger charge is 2.37. The number of rotatable bonds is 9. The first-order chi connectivity index (χ1) is 18.1. The molecule has 0 bridgehead atoms. The van der Waals surface area contributed by atoms with Crippen molar-refractivity contribution in [1.82, 2.24) is 25.1 Å². The molecule has 2 N–H and O–H groups in total. The van der Waals surface area contributed by atoms with Crippen LogP contribution in [-0.4, -0.2) is 75.4 Å². The number of nitrogens with one attached hydrogen (secondary N) is 2. The van der Waals surface area contributed by atoms with Crippen molar-refractivity contribution in [3.63, 3.8) is 0 Å². The van der Waals surface area contributed by atoms with Crippen LogP contribution in [-0.2, 0) is 11.2 Å². The minimum atomic E-state index is -4.50. The van der Waals surface area contributed by atoms with E-state index in [-0.39, 0.29) is 6.42 Å². The van der Waals surface area contributed by atoms with Crippen LogP contribution in [0.2, 0.25) is 0 Å². The Hall–Kier alpha value is -3.19. The number of benzene rings is 1. The molecule has 0 radical (unpaired) electrons. The molecule has 38 heavy (non-hydrogen) atoms. The molecule has 2 fully saturated rings. The van der Waals surface area contributed by atoms with Crippen molar-refractivity contribution in [2.24, 2.45) is 0 Å². The van der Waals surface area contributed by atoms with Crippen molar-refractivity contribution >= 4 is 35.0 Å². The summed E-state index contributed by atoms with van der Waals surface area (Å²) in [6, 6.07) is 10.7. The highest BCUT2D eigenvalue weighted by Crippen LogP contribution is 2.32. The van der Waals surface area contributed by atoms with Gasteiger partial charge in [-0.05, 0) is 42.8 Å². The monoisotopic (exact) mass is 549 g/mol. The Bertz CT molecular complexity index is 1280. The summed E-state index contributed by atoms with van der Waals surface area (Å²) in [7, 11) is 0. The SMILES string of the molecule is Cc1cc(Nc2cc(N3CC(N4CC[C@H](F)C4)C3)nc(Sc3ccc(CC(=O)CC(F)(F)F)cc3)n2)n[nH]1. The lowest BCUT2D eigenvalue weighted by atomic mass is 10.1. The third-order valence-electron chi connectivity index (χ3n) is 6.45. The van der Waals surface area contributed by atoms with E-state index >= 15 is 0 Å². The van der Waals surface area contributed by atoms with E-state index in [1.165, 1.54) is 11.8 Å². The number of H-pyrrole nitrogens is 1. The van der Waals surface area contributed by atoms with Crippen molar-refractivity contribution in [2.45, 2.75) is 54.6 Å². The molecule has 0 saturated carbocycles. The Morgan fingerprint density at radius 3 is 2.53 bits per heavy atom. The van der Waals surface area contributed by atoms with Gasteiger partial charge in [-0.25, -0.2) is 14.4 Å². The fourth-order valence-corrected chi connectivity index (χ4v) is 5.31. The van der Waals surface area contributed by atoms with Crippen molar-refractivity contribution in [2.75, 3.05) is 36.4 Å². The van der Waals surface area contributed by atoms with Gasteiger partial charge in [-0.1, -0.05) is 12.1 Å². The fraction of sp³-hybridized carbons (Fsp3) is 0.440. The van der Waals surface area contributed by atoms with Crippen LogP contribution >= 0.6 is 11.8 Å². The quantitative estimate of drug-likeness (QED) is 0.293. The van der Waals surface area contributed by atoms with Gasteiger partial charge in [0.05, 0.1) is 0 Å².